The molecule has 0 radical (unpaired) electrons. The van der Waals surface area contributed by atoms with Gasteiger partial charge in [0.15, 0.2) is 46.2 Å². The van der Waals surface area contributed by atoms with Crippen molar-refractivity contribution in [3.63, 3.8) is 0 Å². The molecule has 0 amide bonds. The van der Waals surface area contributed by atoms with Crippen molar-refractivity contribution in [3.8, 4) is 23.2 Å². The van der Waals surface area contributed by atoms with Crippen LogP contribution in [0, 0.1) is 11.8 Å². The van der Waals surface area contributed by atoms with Crippen molar-refractivity contribution in [2.24, 2.45) is 11.8 Å². The molecule has 20 nitrogen and oxygen atoms in total. The van der Waals surface area contributed by atoms with Gasteiger partial charge in [0.2, 0.25) is 23.5 Å². The van der Waals surface area contributed by atoms with Crippen molar-refractivity contribution in [2.75, 3.05) is 24.7 Å². The number of hydrogen-bond donors (Lipinski definition) is 2. The van der Waals surface area contributed by atoms with Gasteiger partial charge in [-0.05, 0) is 75.6 Å². The third kappa shape index (κ3) is 5.71. The van der Waals surface area contributed by atoms with Gasteiger partial charge in [-0.15, -0.1) is 10.2 Å². The smallest absolute Gasteiger partial charge is 0.331 e. The van der Waals surface area contributed by atoms with Crippen LogP contribution in [0.5, 0.6) is 0 Å². The molecular weight excluding hydrogens is 700 g/mol. The largest absolute Gasteiger partial charge is 0.464 e. The van der Waals surface area contributed by atoms with E-state index in [0.717, 1.165) is 25.7 Å². The van der Waals surface area contributed by atoms with Crippen LogP contribution in [0.1, 0.15) is 51.6 Å². The highest BCUT2D eigenvalue weighted by atomic mass is 16.5. The fourth-order valence-electron chi connectivity index (χ4n) is 6.51. The lowest BCUT2D eigenvalue weighted by Crippen LogP contribution is -2.25. The maximum atomic E-state index is 12.5. The third-order valence-corrected chi connectivity index (χ3v) is 9.28. The summed E-state index contributed by atoms with van der Waals surface area (Å²) < 4.78 is 27.3. The number of hydrogen-bond acceptors (Lipinski definition) is 16. The Morgan fingerprint density at radius 3 is 1.87 bits per heavy atom. The fraction of sp³-hybridized carbons (Fsp3) is 0.353. The molecule has 2 aliphatic rings. The molecule has 276 valence electrons. The molecule has 54 heavy (non-hydrogen) atoms. The van der Waals surface area contributed by atoms with Gasteiger partial charge in [0.25, 0.3) is 0 Å². The number of aromatic nitrogens is 12. The summed E-state index contributed by atoms with van der Waals surface area (Å²) in [5.41, 5.74) is 14.1. The minimum atomic E-state index is -0.510. The lowest BCUT2D eigenvalue weighted by atomic mass is 10.2. The summed E-state index contributed by atoms with van der Waals surface area (Å²) in [5.74, 6) is 2.01. The average molecular weight is 735 g/mol. The Morgan fingerprint density at radius 2 is 1.31 bits per heavy atom. The van der Waals surface area contributed by atoms with E-state index in [-0.39, 0.29) is 35.7 Å². The Bertz CT molecular complexity index is 2570. The molecule has 8 aromatic heterocycles. The van der Waals surface area contributed by atoms with Crippen molar-refractivity contribution in [2.45, 2.75) is 51.6 Å². The summed E-state index contributed by atoms with van der Waals surface area (Å²) in [6.45, 7) is 4.22. The van der Waals surface area contributed by atoms with E-state index in [1.54, 1.807) is 72.4 Å². The Hall–Kier alpha value is -6.86. The number of esters is 2. The Kier molecular flexibility index (Phi) is 7.93. The number of nitrogens with two attached hydrogens (primary N) is 2. The van der Waals surface area contributed by atoms with E-state index in [1.807, 2.05) is 0 Å². The van der Waals surface area contributed by atoms with Gasteiger partial charge in [0, 0.05) is 6.20 Å². The standard InChI is InChI=1S/2C17H17N7O3/c1-2-26-16(25)12(9-5-6-9)23-15-10(8-19-23)14-20-13(11-4-3-7-27-11)22-24(14)17(18)21-15;1-2-26-16(25)12(9-5-6-9)23-8-10-13(21-23)20-17(18)24-15(10)19-14(22-24)11-4-3-7-27-11/h3-4,7-9,12H,2,5-6H2,1H3,(H2,18,21);3-4,7-9,12H,2,5-6H2,1H3,(H2,18,20,21). The van der Waals surface area contributed by atoms with Crippen molar-refractivity contribution < 1.29 is 27.9 Å². The summed E-state index contributed by atoms with van der Waals surface area (Å²) in [6.07, 6.45) is 10.3. The summed E-state index contributed by atoms with van der Waals surface area (Å²) in [7, 11) is 0. The van der Waals surface area contributed by atoms with Crippen molar-refractivity contribution in [1.29, 1.82) is 0 Å². The van der Waals surface area contributed by atoms with Crippen LogP contribution >= 0.6 is 0 Å². The quantitative estimate of drug-likeness (QED) is 0.190. The van der Waals surface area contributed by atoms with Gasteiger partial charge in [-0.2, -0.15) is 29.2 Å². The highest BCUT2D eigenvalue weighted by molar-refractivity contribution is 5.92. The Labute approximate surface area is 304 Å². The molecule has 0 saturated heterocycles. The SMILES string of the molecule is CCOC(=O)C(C1CC1)n1cc2c(nc(N)n3nc(-c4ccco4)nc23)n1.CCOC(=O)C(C1CC1)n1ncc2c1nc(N)n1nc(-c3ccco3)nc21. The summed E-state index contributed by atoms with van der Waals surface area (Å²) in [4.78, 5) is 42.7. The van der Waals surface area contributed by atoms with Crippen LogP contribution in [0.15, 0.2) is 58.0 Å². The Morgan fingerprint density at radius 1 is 0.759 bits per heavy atom. The van der Waals surface area contributed by atoms with E-state index in [2.05, 4.69) is 40.3 Å². The maximum absolute atomic E-state index is 12.5. The van der Waals surface area contributed by atoms with Crippen LogP contribution in [-0.4, -0.2) is 83.9 Å². The number of anilines is 2. The number of ether oxygens (including phenoxy) is 2. The van der Waals surface area contributed by atoms with E-state index in [4.69, 9.17) is 29.8 Å². The molecule has 20 heteroatoms. The van der Waals surface area contributed by atoms with Gasteiger partial charge < -0.3 is 29.8 Å². The normalized spacial score (nSPS) is 15.4. The predicted molar refractivity (Wildman–Crippen MR) is 189 cm³/mol. The summed E-state index contributed by atoms with van der Waals surface area (Å²) in [5, 5.41) is 18.9. The molecular formula is C34H34N14O6. The van der Waals surface area contributed by atoms with E-state index >= 15 is 0 Å². The van der Waals surface area contributed by atoms with Crippen molar-refractivity contribution in [3.05, 3.63) is 49.2 Å². The van der Waals surface area contributed by atoms with E-state index in [9.17, 15) is 9.59 Å². The zero-order valence-corrected chi connectivity index (χ0v) is 29.1. The van der Waals surface area contributed by atoms with Crippen LogP contribution in [-0.2, 0) is 19.1 Å². The first kappa shape index (κ1) is 33.0. The highest BCUT2D eigenvalue weighted by Crippen LogP contribution is 2.42. The van der Waals surface area contributed by atoms with Gasteiger partial charge >= 0.3 is 11.9 Å². The maximum Gasteiger partial charge on any atom is 0.331 e. The molecule has 8 aromatic rings. The van der Waals surface area contributed by atoms with Crippen molar-refractivity contribution >= 4 is 57.2 Å². The Balaban J connectivity index is 0.000000142. The number of nitrogens with zero attached hydrogens (tertiary/aromatic N) is 12. The van der Waals surface area contributed by atoms with E-state index in [0.29, 0.717) is 69.7 Å². The van der Waals surface area contributed by atoms with Crippen LogP contribution in [0.3, 0.4) is 0 Å². The van der Waals surface area contributed by atoms with E-state index in [1.165, 1.54) is 9.03 Å². The molecule has 0 aliphatic heterocycles. The lowest BCUT2D eigenvalue weighted by Gasteiger charge is -2.16. The zero-order valence-electron chi connectivity index (χ0n) is 29.1. The number of fused-ring (bicyclic) bond motifs is 6. The number of carbonyl (C=O) groups is 2. The third-order valence-electron chi connectivity index (χ3n) is 9.28. The summed E-state index contributed by atoms with van der Waals surface area (Å²) in [6, 6.07) is 6.08. The number of rotatable bonds is 10. The molecule has 8 heterocycles. The molecule has 0 bridgehead atoms. The predicted octanol–water partition coefficient (Wildman–Crippen LogP) is 3.66. The first-order valence-corrected chi connectivity index (χ1v) is 17.5. The van der Waals surface area contributed by atoms with Gasteiger partial charge in [0.05, 0.1) is 42.7 Å². The number of nitrogen functional groups attached to an aromatic ring is 2. The zero-order chi connectivity index (χ0) is 37.1. The number of carbonyl (C=O) groups excluding carboxylic acids is 2. The topological polar surface area (TPSA) is 253 Å². The van der Waals surface area contributed by atoms with Crippen LogP contribution in [0.25, 0.3) is 56.5 Å². The lowest BCUT2D eigenvalue weighted by molar-refractivity contribution is -0.149. The van der Waals surface area contributed by atoms with Gasteiger partial charge in [-0.1, -0.05) is 0 Å². The van der Waals surface area contributed by atoms with Gasteiger partial charge in [-0.25, -0.2) is 24.2 Å². The van der Waals surface area contributed by atoms with Crippen LogP contribution in [0.4, 0.5) is 11.9 Å². The molecule has 2 fully saturated rings. The minimum absolute atomic E-state index is 0.156. The first-order valence-electron chi connectivity index (χ1n) is 17.5. The molecule has 4 N–H and O–H groups in total. The first-order chi connectivity index (χ1) is 26.3. The second-order valence-electron chi connectivity index (χ2n) is 13.0. The molecule has 2 atom stereocenters. The fourth-order valence-corrected chi connectivity index (χ4v) is 6.51. The van der Waals surface area contributed by atoms with Gasteiger partial charge in [0.1, 0.15) is 0 Å². The van der Waals surface area contributed by atoms with Gasteiger partial charge in [-0.3, -0.25) is 4.68 Å². The van der Waals surface area contributed by atoms with Crippen molar-refractivity contribution in [1.82, 2.24) is 58.7 Å². The second kappa shape index (κ2) is 13.0. The second-order valence-corrected chi connectivity index (χ2v) is 13.0. The van der Waals surface area contributed by atoms with Crippen LogP contribution in [0.2, 0.25) is 0 Å². The molecule has 0 spiro atoms. The molecule has 10 rings (SSSR count). The number of furan rings is 2. The minimum Gasteiger partial charge on any atom is -0.464 e. The monoisotopic (exact) mass is 734 g/mol. The highest BCUT2D eigenvalue weighted by Gasteiger charge is 2.41. The van der Waals surface area contributed by atoms with E-state index < -0.39 is 12.1 Å². The molecule has 0 aromatic carbocycles. The average Bonchev–Trinajstić information content (AvgIpc) is 3.67. The molecule has 2 unspecified atom stereocenters. The van der Waals surface area contributed by atoms with Crippen LogP contribution < -0.4 is 11.5 Å². The molecule has 2 saturated carbocycles. The molecule has 2 aliphatic carbocycles. The summed E-state index contributed by atoms with van der Waals surface area (Å²) >= 11 is 0.